The molecule has 0 N–H and O–H groups in total. The van der Waals surface area contributed by atoms with Gasteiger partial charge in [-0.3, -0.25) is 4.98 Å². The zero-order valence-corrected chi connectivity index (χ0v) is 17.2. The molecule has 138 valence electrons. The fraction of sp³-hybridized carbons (Fsp3) is 0.0417. The molecule has 0 saturated heterocycles. The van der Waals surface area contributed by atoms with Crippen molar-refractivity contribution in [2.24, 2.45) is 0 Å². The van der Waals surface area contributed by atoms with Crippen molar-refractivity contribution >= 4 is 37.7 Å². The number of aryl methyl sites for hydroxylation is 1. The Kier molecular flexibility index (Phi) is 4.15. The van der Waals surface area contributed by atoms with Gasteiger partial charge in [0.1, 0.15) is 6.07 Å². The lowest BCUT2D eigenvalue weighted by Gasteiger charge is -2.08. The first kappa shape index (κ1) is 17.6. The number of hydrogen-bond donors (Lipinski definition) is 0. The molecular weight excluding hydrogens is 424 g/mol. The molecule has 0 unspecified atom stereocenters. The highest BCUT2D eigenvalue weighted by atomic mass is 79.9. The van der Waals surface area contributed by atoms with Crippen molar-refractivity contribution in [3.63, 3.8) is 0 Å². The van der Waals surface area contributed by atoms with Crippen LogP contribution in [-0.2, 0) is 0 Å². The van der Waals surface area contributed by atoms with Crippen molar-refractivity contribution < 1.29 is 0 Å². The summed E-state index contributed by atoms with van der Waals surface area (Å²) in [5.74, 6) is 0. The Hall–Kier alpha value is -3.49. The number of benzene rings is 3. The van der Waals surface area contributed by atoms with Crippen molar-refractivity contribution in [3.05, 3.63) is 88.7 Å². The number of aromatic nitrogens is 3. The third-order valence-electron chi connectivity index (χ3n) is 5.10. The monoisotopic (exact) mass is 438 g/mol. The van der Waals surface area contributed by atoms with Gasteiger partial charge in [0.15, 0.2) is 0 Å². The van der Waals surface area contributed by atoms with E-state index in [1.165, 1.54) is 0 Å². The smallest absolute Gasteiger partial charge is 0.100 e. The molecule has 0 aliphatic heterocycles. The molecule has 0 saturated carbocycles. The van der Waals surface area contributed by atoms with Crippen molar-refractivity contribution in [1.29, 1.82) is 5.26 Å². The minimum absolute atomic E-state index is 0.602. The van der Waals surface area contributed by atoms with Crippen LogP contribution in [0.5, 0.6) is 0 Å². The predicted molar refractivity (Wildman–Crippen MR) is 119 cm³/mol. The van der Waals surface area contributed by atoms with Gasteiger partial charge in [-0.15, -0.1) is 0 Å². The summed E-state index contributed by atoms with van der Waals surface area (Å²) in [6.45, 7) is 2.02. The average molecular weight is 439 g/mol. The van der Waals surface area contributed by atoms with Gasteiger partial charge in [-0.25, -0.2) is 4.68 Å². The molecule has 0 amide bonds. The molecule has 5 aromatic rings. The molecule has 5 rings (SSSR count). The van der Waals surface area contributed by atoms with Gasteiger partial charge in [-0.2, -0.15) is 10.4 Å². The van der Waals surface area contributed by atoms with E-state index in [-0.39, 0.29) is 0 Å². The van der Waals surface area contributed by atoms with Crippen LogP contribution in [0.25, 0.3) is 38.6 Å². The Morgan fingerprint density at radius 2 is 1.86 bits per heavy atom. The maximum atomic E-state index is 9.19. The molecule has 0 aliphatic rings. The Labute approximate surface area is 176 Å². The van der Waals surface area contributed by atoms with Crippen molar-refractivity contribution in [2.45, 2.75) is 6.92 Å². The number of hydrogen-bond acceptors (Lipinski definition) is 3. The molecule has 0 atom stereocenters. The summed E-state index contributed by atoms with van der Waals surface area (Å²) in [5, 5.41) is 16.2. The number of nitrogens with zero attached hydrogens (tertiary/aromatic N) is 4. The van der Waals surface area contributed by atoms with Gasteiger partial charge >= 0.3 is 0 Å². The van der Waals surface area contributed by atoms with E-state index in [0.29, 0.717) is 5.56 Å². The standard InChI is InChI=1S/C24H15BrN4/c1-15-24-20(18-11-16-5-2-3-7-22(16)27-14-18)6-4-8-23(24)29(28-15)19-10-9-17(13-26)21(25)12-19/h2-12,14H,1H3. The Bertz CT molecular complexity index is 1440. The normalized spacial score (nSPS) is 11.1. The van der Waals surface area contributed by atoms with Crippen molar-refractivity contribution in [3.8, 4) is 22.9 Å². The van der Waals surface area contributed by atoms with Gasteiger partial charge in [0.2, 0.25) is 0 Å². The molecule has 4 nitrogen and oxygen atoms in total. The van der Waals surface area contributed by atoms with E-state index in [1.807, 2.05) is 54.2 Å². The molecule has 0 spiro atoms. The second kappa shape index (κ2) is 6.84. The second-order valence-corrected chi connectivity index (χ2v) is 7.74. The summed E-state index contributed by atoms with van der Waals surface area (Å²) in [6, 6.07) is 24.4. The molecule has 3 aromatic carbocycles. The Morgan fingerprint density at radius 3 is 2.69 bits per heavy atom. The molecular formula is C24H15BrN4. The maximum absolute atomic E-state index is 9.19. The molecule has 0 aliphatic carbocycles. The SMILES string of the molecule is Cc1nn(-c2ccc(C#N)c(Br)c2)c2cccc(-c3cnc4ccccc4c3)c12. The lowest BCUT2D eigenvalue weighted by atomic mass is 10.0. The number of para-hydroxylation sites is 1. The number of rotatable bonds is 2. The van der Waals surface area contributed by atoms with Gasteiger partial charge in [0.05, 0.1) is 28.0 Å². The number of fused-ring (bicyclic) bond motifs is 2. The van der Waals surface area contributed by atoms with E-state index < -0.39 is 0 Å². The first-order chi connectivity index (χ1) is 14.2. The lowest BCUT2D eigenvalue weighted by molar-refractivity contribution is 0.888. The minimum Gasteiger partial charge on any atom is -0.256 e. The highest BCUT2D eigenvalue weighted by Gasteiger charge is 2.15. The van der Waals surface area contributed by atoms with Crippen LogP contribution in [0.15, 0.2) is 77.4 Å². The van der Waals surface area contributed by atoms with E-state index in [0.717, 1.165) is 48.8 Å². The van der Waals surface area contributed by atoms with E-state index in [4.69, 9.17) is 5.10 Å². The Morgan fingerprint density at radius 1 is 1.00 bits per heavy atom. The van der Waals surface area contributed by atoms with Crippen LogP contribution in [-0.4, -0.2) is 14.8 Å². The quantitative estimate of drug-likeness (QED) is 0.330. The van der Waals surface area contributed by atoms with E-state index in [2.05, 4.69) is 51.2 Å². The summed E-state index contributed by atoms with van der Waals surface area (Å²) in [7, 11) is 0. The van der Waals surface area contributed by atoms with Gasteiger partial charge in [0.25, 0.3) is 0 Å². The van der Waals surface area contributed by atoms with Crippen molar-refractivity contribution in [1.82, 2.24) is 14.8 Å². The molecule has 2 heterocycles. The van der Waals surface area contributed by atoms with E-state index >= 15 is 0 Å². The molecule has 29 heavy (non-hydrogen) atoms. The molecule has 0 bridgehead atoms. The van der Waals surface area contributed by atoms with Crippen LogP contribution in [0.1, 0.15) is 11.3 Å². The molecule has 2 aromatic heterocycles. The topological polar surface area (TPSA) is 54.5 Å². The van der Waals surface area contributed by atoms with Crippen molar-refractivity contribution in [2.75, 3.05) is 0 Å². The molecule has 5 heteroatoms. The second-order valence-electron chi connectivity index (χ2n) is 6.89. The highest BCUT2D eigenvalue weighted by Crippen LogP contribution is 2.33. The third-order valence-corrected chi connectivity index (χ3v) is 5.76. The summed E-state index contributed by atoms with van der Waals surface area (Å²) in [4.78, 5) is 4.63. The summed E-state index contributed by atoms with van der Waals surface area (Å²) >= 11 is 3.48. The predicted octanol–water partition coefficient (Wildman–Crippen LogP) is 6.18. The van der Waals surface area contributed by atoms with Crippen LogP contribution >= 0.6 is 15.9 Å². The van der Waals surface area contributed by atoms with Crippen LogP contribution in [0.2, 0.25) is 0 Å². The van der Waals surface area contributed by atoms with Gasteiger partial charge in [-0.05, 0) is 64.8 Å². The zero-order chi connectivity index (χ0) is 20.0. The van der Waals surface area contributed by atoms with Gasteiger partial charge in [0, 0.05) is 27.0 Å². The first-order valence-corrected chi connectivity index (χ1v) is 9.98. The van der Waals surface area contributed by atoms with Crippen LogP contribution < -0.4 is 0 Å². The first-order valence-electron chi connectivity index (χ1n) is 9.19. The fourth-order valence-electron chi connectivity index (χ4n) is 3.73. The minimum atomic E-state index is 0.602. The lowest BCUT2D eigenvalue weighted by Crippen LogP contribution is -1.97. The van der Waals surface area contributed by atoms with Crippen LogP contribution in [0.4, 0.5) is 0 Å². The summed E-state index contributed by atoms with van der Waals surface area (Å²) < 4.78 is 2.68. The largest absolute Gasteiger partial charge is 0.256 e. The highest BCUT2D eigenvalue weighted by molar-refractivity contribution is 9.10. The third kappa shape index (κ3) is 2.89. The zero-order valence-electron chi connectivity index (χ0n) is 15.6. The molecule has 0 fully saturated rings. The van der Waals surface area contributed by atoms with E-state index in [1.54, 1.807) is 6.07 Å². The summed E-state index contributed by atoms with van der Waals surface area (Å²) in [5.41, 5.74) is 6.63. The van der Waals surface area contributed by atoms with Gasteiger partial charge in [-0.1, -0.05) is 30.3 Å². The number of halogens is 1. The number of nitriles is 1. The molecule has 0 radical (unpaired) electrons. The average Bonchev–Trinajstić information content (AvgIpc) is 3.10. The van der Waals surface area contributed by atoms with Crippen LogP contribution in [0, 0.1) is 18.3 Å². The van der Waals surface area contributed by atoms with Crippen LogP contribution in [0.3, 0.4) is 0 Å². The number of pyridine rings is 1. The van der Waals surface area contributed by atoms with Gasteiger partial charge < -0.3 is 0 Å². The summed E-state index contributed by atoms with van der Waals surface area (Å²) in [6.07, 6.45) is 1.92. The fourth-order valence-corrected chi connectivity index (χ4v) is 4.19. The van der Waals surface area contributed by atoms with E-state index in [9.17, 15) is 5.26 Å². The Balaban J connectivity index is 1.73. The maximum Gasteiger partial charge on any atom is 0.100 e.